The fourth-order valence-electron chi connectivity index (χ4n) is 3.16. The second kappa shape index (κ2) is 6.61. The minimum absolute atomic E-state index is 0.657. The van der Waals surface area contributed by atoms with Gasteiger partial charge in [-0.2, -0.15) is 0 Å². The molecule has 0 aromatic carbocycles. The van der Waals surface area contributed by atoms with Crippen molar-refractivity contribution in [2.45, 2.75) is 65.5 Å². The minimum atomic E-state index is 0.657. The van der Waals surface area contributed by atoms with Crippen molar-refractivity contribution >= 4 is 0 Å². The highest BCUT2D eigenvalue weighted by atomic mass is 15.2. The standard InChI is InChI=1S/C14H30N2/c1-5-8-16(11(2)3)14-9-12(4)6-7-13(14)10-15/h11-14H,5-10,15H2,1-4H3. The van der Waals surface area contributed by atoms with E-state index in [2.05, 4.69) is 32.6 Å². The van der Waals surface area contributed by atoms with Gasteiger partial charge in [-0.15, -0.1) is 0 Å². The van der Waals surface area contributed by atoms with E-state index < -0.39 is 0 Å². The zero-order chi connectivity index (χ0) is 12.1. The predicted octanol–water partition coefficient (Wildman–Crippen LogP) is 2.87. The Balaban J connectivity index is 2.69. The van der Waals surface area contributed by atoms with Crippen LogP contribution >= 0.6 is 0 Å². The third-order valence-corrected chi connectivity index (χ3v) is 4.09. The second-order valence-electron chi connectivity index (χ2n) is 5.81. The van der Waals surface area contributed by atoms with Gasteiger partial charge in [-0.3, -0.25) is 4.90 Å². The van der Waals surface area contributed by atoms with Gasteiger partial charge in [0.25, 0.3) is 0 Å². The second-order valence-corrected chi connectivity index (χ2v) is 5.81. The van der Waals surface area contributed by atoms with E-state index in [9.17, 15) is 0 Å². The molecule has 16 heavy (non-hydrogen) atoms. The molecule has 1 saturated carbocycles. The first kappa shape index (κ1) is 14.0. The smallest absolute Gasteiger partial charge is 0.0141 e. The lowest BCUT2D eigenvalue weighted by Crippen LogP contribution is -2.49. The molecule has 0 amide bonds. The lowest BCUT2D eigenvalue weighted by atomic mass is 9.78. The van der Waals surface area contributed by atoms with Crippen molar-refractivity contribution in [1.29, 1.82) is 0 Å². The first-order valence-corrected chi connectivity index (χ1v) is 7.05. The van der Waals surface area contributed by atoms with Crippen LogP contribution in [-0.2, 0) is 0 Å². The Hall–Kier alpha value is -0.0800. The van der Waals surface area contributed by atoms with Gasteiger partial charge in [-0.25, -0.2) is 0 Å². The molecule has 1 rings (SSSR count). The number of hydrogen-bond donors (Lipinski definition) is 1. The van der Waals surface area contributed by atoms with Gasteiger partial charge in [0, 0.05) is 12.1 Å². The summed E-state index contributed by atoms with van der Waals surface area (Å²) in [6.07, 6.45) is 5.30. The fourth-order valence-corrected chi connectivity index (χ4v) is 3.16. The Labute approximate surface area is 102 Å². The molecule has 0 bridgehead atoms. The Bertz CT molecular complexity index is 191. The molecule has 96 valence electrons. The van der Waals surface area contributed by atoms with Crippen molar-refractivity contribution in [3.8, 4) is 0 Å². The first-order chi connectivity index (χ1) is 7.60. The molecule has 2 heteroatoms. The van der Waals surface area contributed by atoms with Crippen LogP contribution < -0.4 is 5.73 Å². The molecular weight excluding hydrogens is 196 g/mol. The van der Waals surface area contributed by atoms with Gasteiger partial charge in [0.15, 0.2) is 0 Å². The summed E-state index contributed by atoms with van der Waals surface area (Å²) >= 11 is 0. The molecule has 2 nitrogen and oxygen atoms in total. The van der Waals surface area contributed by atoms with Gasteiger partial charge in [0.1, 0.15) is 0 Å². The first-order valence-electron chi connectivity index (χ1n) is 7.05. The molecule has 1 fully saturated rings. The lowest BCUT2D eigenvalue weighted by molar-refractivity contribution is 0.0611. The largest absolute Gasteiger partial charge is 0.330 e. The molecule has 1 aliphatic carbocycles. The zero-order valence-electron chi connectivity index (χ0n) is 11.6. The van der Waals surface area contributed by atoms with Crippen LogP contribution in [0.1, 0.15) is 53.4 Å². The summed E-state index contributed by atoms with van der Waals surface area (Å²) in [7, 11) is 0. The van der Waals surface area contributed by atoms with E-state index >= 15 is 0 Å². The van der Waals surface area contributed by atoms with Crippen LogP contribution in [0.2, 0.25) is 0 Å². The summed E-state index contributed by atoms with van der Waals surface area (Å²) in [6.45, 7) is 11.4. The van der Waals surface area contributed by atoms with E-state index in [-0.39, 0.29) is 0 Å². The van der Waals surface area contributed by atoms with Crippen molar-refractivity contribution in [1.82, 2.24) is 4.90 Å². The minimum Gasteiger partial charge on any atom is -0.330 e. The third-order valence-electron chi connectivity index (χ3n) is 4.09. The molecule has 2 N–H and O–H groups in total. The number of nitrogens with two attached hydrogens (primary N) is 1. The van der Waals surface area contributed by atoms with Crippen molar-refractivity contribution < 1.29 is 0 Å². The van der Waals surface area contributed by atoms with Gasteiger partial charge < -0.3 is 5.73 Å². The van der Waals surface area contributed by atoms with E-state index in [1.165, 1.54) is 32.2 Å². The van der Waals surface area contributed by atoms with E-state index in [1.807, 2.05) is 0 Å². The maximum atomic E-state index is 5.95. The maximum Gasteiger partial charge on any atom is 0.0141 e. The zero-order valence-corrected chi connectivity index (χ0v) is 11.6. The van der Waals surface area contributed by atoms with Crippen LogP contribution in [0.15, 0.2) is 0 Å². The van der Waals surface area contributed by atoms with Crippen molar-refractivity contribution in [3.05, 3.63) is 0 Å². The quantitative estimate of drug-likeness (QED) is 0.781. The predicted molar refractivity (Wildman–Crippen MR) is 71.5 cm³/mol. The normalized spacial score (nSPS) is 31.3. The fraction of sp³-hybridized carbons (Fsp3) is 1.00. The number of hydrogen-bond acceptors (Lipinski definition) is 2. The number of nitrogens with zero attached hydrogens (tertiary/aromatic N) is 1. The van der Waals surface area contributed by atoms with E-state index in [4.69, 9.17) is 5.73 Å². The summed E-state index contributed by atoms with van der Waals surface area (Å²) in [5.41, 5.74) is 5.95. The van der Waals surface area contributed by atoms with E-state index in [0.717, 1.165) is 24.4 Å². The molecule has 0 aromatic rings. The maximum absolute atomic E-state index is 5.95. The average Bonchev–Trinajstić information content (AvgIpc) is 2.25. The van der Waals surface area contributed by atoms with Crippen LogP contribution in [-0.4, -0.2) is 30.1 Å². The highest BCUT2D eigenvalue weighted by molar-refractivity contribution is 4.87. The van der Waals surface area contributed by atoms with E-state index in [0.29, 0.717) is 6.04 Å². The van der Waals surface area contributed by atoms with Gasteiger partial charge in [-0.05, 0) is 58.0 Å². The lowest BCUT2D eigenvalue weighted by Gasteiger charge is -2.43. The molecule has 3 atom stereocenters. The monoisotopic (exact) mass is 226 g/mol. The highest BCUT2D eigenvalue weighted by Crippen LogP contribution is 2.32. The Morgan fingerprint density at radius 1 is 1.31 bits per heavy atom. The summed E-state index contributed by atoms with van der Waals surface area (Å²) in [5.74, 6) is 1.61. The van der Waals surface area contributed by atoms with Crippen LogP contribution in [0, 0.1) is 11.8 Å². The topological polar surface area (TPSA) is 29.3 Å². The van der Waals surface area contributed by atoms with Gasteiger partial charge in [0.05, 0.1) is 0 Å². The summed E-state index contributed by atoms with van der Waals surface area (Å²) < 4.78 is 0. The molecule has 0 radical (unpaired) electrons. The molecule has 1 aliphatic rings. The SMILES string of the molecule is CCCN(C(C)C)C1CC(C)CCC1CN. The van der Waals surface area contributed by atoms with Crippen LogP contribution in [0.3, 0.4) is 0 Å². The molecular formula is C14H30N2. The summed E-state index contributed by atoms with van der Waals surface area (Å²) in [4.78, 5) is 2.69. The van der Waals surface area contributed by atoms with Crippen molar-refractivity contribution in [3.63, 3.8) is 0 Å². The Morgan fingerprint density at radius 2 is 2.00 bits per heavy atom. The molecule has 0 saturated heterocycles. The van der Waals surface area contributed by atoms with Crippen LogP contribution in [0.25, 0.3) is 0 Å². The van der Waals surface area contributed by atoms with E-state index in [1.54, 1.807) is 0 Å². The number of rotatable bonds is 5. The molecule has 3 unspecified atom stereocenters. The van der Waals surface area contributed by atoms with Crippen molar-refractivity contribution in [2.24, 2.45) is 17.6 Å². The summed E-state index contributed by atoms with van der Waals surface area (Å²) in [6, 6.07) is 1.39. The van der Waals surface area contributed by atoms with Crippen molar-refractivity contribution in [2.75, 3.05) is 13.1 Å². The average molecular weight is 226 g/mol. The Morgan fingerprint density at radius 3 is 2.50 bits per heavy atom. The van der Waals surface area contributed by atoms with Gasteiger partial charge in [0.2, 0.25) is 0 Å². The molecule has 0 aliphatic heterocycles. The van der Waals surface area contributed by atoms with Crippen LogP contribution in [0.5, 0.6) is 0 Å². The third kappa shape index (κ3) is 3.46. The molecule has 0 spiro atoms. The Kier molecular flexibility index (Phi) is 5.77. The van der Waals surface area contributed by atoms with Gasteiger partial charge in [-0.1, -0.05) is 20.3 Å². The van der Waals surface area contributed by atoms with Crippen LogP contribution in [0.4, 0.5) is 0 Å². The molecule has 0 aromatic heterocycles. The highest BCUT2D eigenvalue weighted by Gasteiger charge is 2.32. The van der Waals surface area contributed by atoms with Gasteiger partial charge >= 0.3 is 0 Å². The summed E-state index contributed by atoms with van der Waals surface area (Å²) in [5, 5.41) is 0. The molecule has 0 heterocycles.